The highest BCUT2D eigenvalue weighted by Gasteiger charge is 2.43. The quantitative estimate of drug-likeness (QED) is 0.0362. The van der Waals surface area contributed by atoms with E-state index in [1.54, 1.807) is 16.2 Å². The molecule has 2 amide bonds. The molecule has 7 rings (SSSR count). The number of ether oxygens (including phenoxy) is 3. The third-order valence-electron chi connectivity index (χ3n) is 14.6. The van der Waals surface area contributed by atoms with Gasteiger partial charge in [-0.25, -0.2) is 4.98 Å². The Bertz CT molecular complexity index is 2830. The maximum absolute atomic E-state index is 14.3. The van der Waals surface area contributed by atoms with Gasteiger partial charge in [0, 0.05) is 86.0 Å². The maximum Gasteiger partial charge on any atom is 0.251 e. The van der Waals surface area contributed by atoms with Crippen LogP contribution in [0.5, 0.6) is 5.75 Å². The zero-order chi connectivity index (χ0) is 54.0. The van der Waals surface area contributed by atoms with Crippen molar-refractivity contribution in [3.63, 3.8) is 0 Å². The summed E-state index contributed by atoms with van der Waals surface area (Å²) in [5.41, 5.74) is 11.7. The Morgan fingerprint density at radius 3 is 2.31 bits per heavy atom. The smallest absolute Gasteiger partial charge is 0.251 e. The minimum atomic E-state index is -0.859. The van der Waals surface area contributed by atoms with E-state index < -0.39 is 29.5 Å². The largest absolute Gasteiger partial charge is 0.494 e. The number of carbonyl (C=O) groups excluding carboxylic acids is 3. The number of nitrogens with one attached hydrogen (secondary N) is 3. The molecule has 2 saturated heterocycles. The van der Waals surface area contributed by atoms with Crippen molar-refractivity contribution in [2.45, 2.75) is 138 Å². The summed E-state index contributed by atoms with van der Waals surface area (Å²) >= 11 is 1.61. The fourth-order valence-corrected chi connectivity index (χ4v) is 11.2. The number of β-amino-alcohol motifs (C(OH)–C–C–N with tert-alkyl or cyclic N) is 1. The summed E-state index contributed by atoms with van der Waals surface area (Å²) in [6.07, 6.45) is 3.38. The zero-order valence-corrected chi connectivity index (χ0v) is 46.3. The van der Waals surface area contributed by atoms with E-state index in [2.05, 4.69) is 69.3 Å². The molecule has 0 spiro atoms. The predicted molar refractivity (Wildman–Crippen MR) is 299 cm³/mol. The first-order chi connectivity index (χ1) is 35.8. The molecule has 2 aromatic heterocycles. The third kappa shape index (κ3) is 14.4. The molecule has 0 bridgehead atoms. The van der Waals surface area contributed by atoms with Crippen LogP contribution < -0.4 is 25.8 Å². The number of unbranched alkanes of at least 4 members (excludes halogenated alkanes) is 1. The number of hydrogen-bond donors (Lipinski definition) is 4. The van der Waals surface area contributed by atoms with E-state index in [1.807, 2.05) is 97.3 Å². The van der Waals surface area contributed by atoms with Crippen LogP contribution in [0.25, 0.3) is 21.6 Å². The first-order valence-corrected chi connectivity index (χ1v) is 27.5. The van der Waals surface area contributed by atoms with Crippen LogP contribution in [-0.2, 0) is 25.5 Å². The van der Waals surface area contributed by atoms with E-state index >= 15 is 0 Å². The average Bonchev–Trinajstić information content (AvgIpc) is 4.01. The van der Waals surface area contributed by atoms with Crippen LogP contribution in [0.15, 0.2) is 89.3 Å². The molecule has 0 saturated carbocycles. The minimum absolute atomic E-state index is 0.00218. The zero-order valence-electron chi connectivity index (χ0n) is 45.5. The summed E-state index contributed by atoms with van der Waals surface area (Å²) in [5.74, 6) is 0.0446. The number of anilines is 1. The number of amides is 2. The highest BCUT2D eigenvalue weighted by atomic mass is 32.1. The third-order valence-corrected chi connectivity index (χ3v) is 15.6. The number of carbonyl (C=O) groups is 3. The fraction of sp³-hybridized carbons (Fsp3) is 0.483. The number of Topliss-reactive ketones (excluding diaryl/α,β-unsaturated/α-hetero) is 1. The Kier molecular flexibility index (Phi) is 19.3. The second-order valence-corrected chi connectivity index (χ2v) is 22.2. The van der Waals surface area contributed by atoms with Gasteiger partial charge < -0.3 is 44.7 Å². The standard InChI is InChI=1S/C60H78N6O8S/c1-11-65(47-24-28-72-29-25-47)52-32-46(31-51(39(52)4)54(68)23-22-50-37(2)30-38(3)62-58(50)70)44-18-20-49(21-19-44)74-27-13-12-26-73-35-55(69)64-57(60(8,9)10)59(71)66-34-48(67)33-53(66)41(6)63-40(5)43-14-16-45(17-15-43)56-42(7)61-36-75-56/h14-21,30-32,36,40,47-48,53,57,63,67H,6,11-13,22-29,33-35H2,1-5,7-10H3,(H,62,70)(H,64,69)/t40-,48+,53-,57+/m0/s1. The topological polar surface area (TPSA) is 175 Å². The van der Waals surface area contributed by atoms with Gasteiger partial charge in [0.1, 0.15) is 18.4 Å². The second kappa shape index (κ2) is 25.6. The molecule has 4 N–H and O–H groups in total. The molecule has 75 heavy (non-hydrogen) atoms. The monoisotopic (exact) mass is 1040 g/mol. The molecule has 5 aromatic rings. The first-order valence-electron chi connectivity index (χ1n) is 26.6. The van der Waals surface area contributed by atoms with Crippen molar-refractivity contribution in [3.05, 3.63) is 134 Å². The molecule has 15 heteroatoms. The van der Waals surface area contributed by atoms with Crippen molar-refractivity contribution >= 4 is 34.6 Å². The first kappa shape index (κ1) is 56.6. The lowest BCUT2D eigenvalue weighted by Gasteiger charge is -2.37. The summed E-state index contributed by atoms with van der Waals surface area (Å²) in [4.78, 5) is 66.9. The van der Waals surface area contributed by atoms with Gasteiger partial charge in [0.2, 0.25) is 11.8 Å². The number of nitrogens with zero attached hydrogens (tertiary/aromatic N) is 3. The molecular formula is C60H78N6O8S. The van der Waals surface area contributed by atoms with Gasteiger partial charge >= 0.3 is 0 Å². The molecule has 0 aliphatic carbocycles. The second-order valence-electron chi connectivity index (χ2n) is 21.3. The number of aryl methyl sites for hydroxylation is 3. The lowest BCUT2D eigenvalue weighted by Crippen LogP contribution is -2.57. The van der Waals surface area contributed by atoms with Crippen molar-refractivity contribution in [1.29, 1.82) is 0 Å². The molecule has 2 fully saturated rings. The molecule has 2 aliphatic rings. The molecule has 14 nitrogen and oxygen atoms in total. The summed E-state index contributed by atoms with van der Waals surface area (Å²) < 4.78 is 17.6. The van der Waals surface area contributed by atoms with Crippen LogP contribution >= 0.6 is 11.3 Å². The number of benzene rings is 3. The highest BCUT2D eigenvalue weighted by molar-refractivity contribution is 7.13. The van der Waals surface area contributed by atoms with Crippen molar-refractivity contribution in [2.24, 2.45) is 5.41 Å². The van der Waals surface area contributed by atoms with Crippen molar-refractivity contribution in [1.82, 2.24) is 25.5 Å². The Morgan fingerprint density at radius 2 is 1.65 bits per heavy atom. The van der Waals surface area contributed by atoms with Crippen LogP contribution in [0, 0.1) is 33.1 Å². The van der Waals surface area contributed by atoms with E-state index in [4.69, 9.17) is 14.2 Å². The number of hydrogen-bond acceptors (Lipinski definition) is 12. The van der Waals surface area contributed by atoms with Crippen molar-refractivity contribution in [3.8, 4) is 27.3 Å². The maximum atomic E-state index is 14.3. The SMILES string of the molecule is C=C(N[C@@H](C)c1ccc(-c2scnc2C)cc1)[C@@H]1C[C@@H](O)CN1C(=O)[C@@H](NC(=O)COCCCCOc1ccc(-c2cc(C(=O)CCc3c(C)cc(C)[nH]c3=O)c(C)c(N(CC)C3CCOCC3)c2)cc1)C(C)(C)C. The van der Waals surface area contributed by atoms with Gasteiger partial charge in [-0.05, 0) is 143 Å². The number of aliphatic hydroxyl groups is 1. The highest BCUT2D eigenvalue weighted by Crippen LogP contribution is 2.36. The summed E-state index contributed by atoms with van der Waals surface area (Å²) in [5, 5.41) is 17.2. The number of pyridine rings is 1. The summed E-state index contributed by atoms with van der Waals surface area (Å²) in [7, 11) is 0. The van der Waals surface area contributed by atoms with Gasteiger partial charge in [0.05, 0.1) is 34.8 Å². The normalized spacial score (nSPS) is 16.9. The van der Waals surface area contributed by atoms with E-state index in [1.165, 1.54) is 0 Å². The molecule has 402 valence electrons. The van der Waals surface area contributed by atoms with Crippen LogP contribution in [0.1, 0.15) is 123 Å². The summed E-state index contributed by atoms with van der Waals surface area (Å²) in [6, 6.07) is 21.2. The number of H-pyrrole nitrogens is 1. The Balaban J connectivity index is 0.894. The number of aromatic nitrogens is 2. The number of aliphatic hydroxyl groups excluding tert-OH is 1. The van der Waals surface area contributed by atoms with E-state index in [0.29, 0.717) is 80.7 Å². The van der Waals surface area contributed by atoms with Crippen LogP contribution in [0.2, 0.25) is 0 Å². The Hall–Kier alpha value is -6.13. The van der Waals surface area contributed by atoms with Gasteiger partial charge in [0.15, 0.2) is 5.78 Å². The number of thiazole rings is 1. The fourth-order valence-electron chi connectivity index (χ4n) is 10.4. The van der Waals surface area contributed by atoms with Crippen LogP contribution in [0.3, 0.4) is 0 Å². The van der Waals surface area contributed by atoms with Crippen molar-refractivity contribution in [2.75, 3.05) is 51.0 Å². The average molecular weight is 1040 g/mol. The number of aromatic amines is 1. The molecule has 3 aromatic carbocycles. The lowest BCUT2D eigenvalue weighted by molar-refractivity contribution is -0.141. The van der Waals surface area contributed by atoms with E-state index in [0.717, 1.165) is 74.7 Å². The number of rotatable bonds is 23. The number of ketones is 1. The molecule has 0 unspecified atom stereocenters. The van der Waals surface area contributed by atoms with Crippen LogP contribution in [-0.4, -0.2) is 108 Å². The molecular weight excluding hydrogens is 965 g/mol. The molecule has 4 heterocycles. The van der Waals surface area contributed by atoms with Gasteiger partial charge in [-0.1, -0.05) is 63.7 Å². The van der Waals surface area contributed by atoms with Gasteiger partial charge in [-0.15, -0.1) is 11.3 Å². The lowest BCUT2D eigenvalue weighted by atomic mass is 9.85. The van der Waals surface area contributed by atoms with Gasteiger partial charge in [-0.3, -0.25) is 19.2 Å². The summed E-state index contributed by atoms with van der Waals surface area (Å²) in [6.45, 7) is 25.0. The molecule has 2 aliphatic heterocycles. The Morgan fingerprint density at radius 1 is 0.960 bits per heavy atom. The Labute approximate surface area is 447 Å². The van der Waals surface area contributed by atoms with Crippen molar-refractivity contribution < 1.29 is 33.7 Å². The van der Waals surface area contributed by atoms with Gasteiger partial charge in [0.25, 0.3) is 5.56 Å². The number of likely N-dealkylation sites (tertiary alicyclic amines) is 1. The predicted octanol–water partition coefficient (Wildman–Crippen LogP) is 9.75. The van der Waals surface area contributed by atoms with E-state index in [-0.39, 0.29) is 42.9 Å². The van der Waals surface area contributed by atoms with Crippen LogP contribution in [0.4, 0.5) is 5.69 Å². The van der Waals surface area contributed by atoms with E-state index in [9.17, 15) is 24.3 Å². The molecule has 0 radical (unpaired) electrons. The van der Waals surface area contributed by atoms with Gasteiger partial charge in [-0.2, -0.15) is 0 Å². The molecule has 4 atom stereocenters. The minimum Gasteiger partial charge on any atom is -0.494 e.